The van der Waals surface area contributed by atoms with E-state index >= 15 is 0 Å². The minimum Gasteiger partial charge on any atom is -0.296 e. The summed E-state index contributed by atoms with van der Waals surface area (Å²) in [5, 5.41) is 2.54. The van der Waals surface area contributed by atoms with Gasteiger partial charge >= 0.3 is 0 Å². The Kier molecular flexibility index (Phi) is 3.87. The van der Waals surface area contributed by atoms with Crippen LogP contribution in [0.15, 0.2) is 84.9 Å². The minimum absolute atomic E-state index is 0.207. The Bertz CT molecular complexity index is 1290. The van der Waals surface area contributed by atoms with Gasteiger partial charge in [0, 0.05) is 11.5 Å². The molecule has 156 valence electrons. The number of nitrogens with one attached hydrogen (secondary N) is 1. The number of carbonyl (C=O) groups is 3. The molecule has 2 atom stereocenters. The molecule has 1 heterocycles. The van der Waals surface area contributed by atoms with Gasteiger partial charge in [0.25, 0.3) is 0 Å². The fourth-order valence-electron chi connectivity index (χ4n) is 5.96. The summed E-state index contributed by atoms with van der Waals surface area (Å²) in [4.78, 5) is 39.0. The van der Waals surface area contributed by atoms with Crippen molar-refractivity contribution in [3.8, 4) is 0 Å². The average molecular weight is 423 g/mol. The van der Waals surface area contributed by atoms with Crippen LogP contribution in [0.1, 0.15) is 38.5 Å². The maximum atomic E-state index is 13.3. The molecule has 3 aromatic carbocycles. The summed E-state index contributed by atoms with van der Waals surface area (Å²) in [5.41, 5.74) is 3.32. The van der Waals surface area contributed by atoms with E-state index in [1.54, 1.807) is 6.08 Å². The number of halogens is 1. The molecule has 3 aromatic rings. The van der Waals surface area contributed by atoms with Gasteiger partial charge in [-0.1, -0.05) is 54.6 Å². The van der Waals surface area contributed by atoms with Crippen LogP contribution < -0.4 is 5.32 Å². The fraction of sp³-hybridized carbons (Fsp3) is 0.148. The number of hydrogen-bond acceptors (Lipinski definition) is 3. The lowest BCUT2D eigenvalue weighted by atomic mass is 9.47. The molecule has 0 saturated carbocycles. The van der Waals surface area contributed by atoms with E-state index in [9.17, 15) is 18.8 Å². The van der Waals surface area contributed by atoms with E-state index in [0.29, 0.717) is 5.56 Å². The highest BCUT2D eigenvalue weighted by atomic mass is 19.1. The summed E-state index contributed by atoms with van der Waals surface area (Å²) in [6.45, 7) is 0. The van der Waals surface area contributed by atoms with Gasteiger partial charge in [0.2, 0.25) is 11.8 Å². The van der Waals surface area contributed by atoms with Crippen LogP contribution in [0.2, 0.25) is 0 Å². The smallest absolute Gasteiger partial charge is 0.232 e. The Morgan fingerprint density at radius 1 is 0.844 bits per heavy atom. The summed E-state index contributed by atoms with van der Waals surface area (Å²) in [6, 6.07) is 21.1. The SMILES string of the molecule is O=C(/C=C/C12c3ccccc3C(c3ccccc31)C1C(=O)NC(=O)C12)c1ccc(F)cc1. The van der Waals surface area contributed by atoms with Crippen molar-refractivity contribution in [3.05, 3.63) is 119 Å². The highest BCUT2D eigenvalue weighted by molar-refractivity contribution is 6.09. The van der Waals surface area contributed by atoms with E-state index in [-0.39, 0.29) is 23.5 Å². The molecule has 0 aromatic heterocycles. The largest absolute Gasteiger partial charge is 0.296 e. The first kappa shape index (κ1) is 18.9. The zero-order chi connectivity index (χ0) is 22.0. The van der Waals surface area contributed by atoms with Crippen LogP contribution in [0.4, 0.5) is 4.39 Å². The van der Waals surface area contributed by atoms with Crippen LogP contribution in [0, 0.1) is 17.7 Å². The minimum atomic E-state index is -0.946. The predicted octanol–water partition coefficient (Wildman–Crippen LogP) is 3.90. The molecule has 1 N–H and O–H groups in total. The molecule has 4 aliphatic rings. The lowest BCUT2D eigenvalue weighted by Crippen LogP contribution is -2.52. The van der Waals surface area contributed by atoms with Crippen molar-refractivity contribution < 1.29 is 18.8 Å². The van der Waals surface area contributed by atoms with Gasteiger partial charge in [-0.05, 0) is 52.6 Å². The van der Waals surface area contributed by atoms with E-state index < -0.39 is 23.1 Å². The van der Waals surface area contributed by atoms with Crippen LogP contribution in [0.5, 0.6) is 0 Å². The van der Waals surface area contributed by atoms with Gasteiger partial charge in [-0.25, -0.2) is 4.39 Å². The van der Waals surface area contributed by atoms with Crippen molar-refractivity contribution in [2.75, 3.05) is 0 Å². The van der Waals surface area contributed by atoms with Crippen LogP contribution in [0.3, 0.4) is 0 Å². The Balaban J connectivity index is 1.60. The summed E-state index contributed by atoms with van der Waals surface area (Å²) >= 11 is 0. The molecule has 5 heteroatoms. The third-order valence-electron chi connectivity index (χ3n) is 7.15. The second-order valence-corrected chi connectivity index (χ2v) is 8.58. The first-order valence-corrected chi connectivity index (χ1v) is 10.5. The maximum absolute atomic E-state index is 13.3. The zero-order valence-electron chi connectivity index (χ0n) is 16.9. The molecule has 2 bridgehead atoms. The molecule has 7 rings (SSSR count). The molecule has 32 heavy (non-hydrogen) atoms. The Morgan fingerprint density at radius 2 is 1.44 bits per heavy atom. The molecule has 3 aliphatic carbocycles. The van der Waals surface area contributed by atoms with Crippen molar-refractivity contribution in [3.63, 3.8) is 0 Å². The number of ketones is 1. The van der Waals surface area contributed by atoms with Gasteiger partial charge in [0.15, 0.2) is 5.78 Å². The van der Waals surface area contributed by atoms with Gasteiger partial charge in [-0.3, -0.25) is 19.7 Å². The zero-order valence-corrected chi connectivity index (χ0v) is 16.9. The normalized spacial score (nSPS) is 27.1. The number of rotatable bonds is 3. The van der Waals surface area contributed by atoms with E-state index in [4.69, 9.17) is 0 Å². The first-order chi connectivity index (χ1) is 15.5. The summed E-state index contributed by atoms with van der Waals surface area (Å²) < 4.78 is 13.3. The van der Waals surface area contributed by atoms with Crippen LogP contribution >= 0.6 is 0 Å². The number of carbonyl (C=O) groups excluding carboxylic acids is 3. The lowest BCUT2D eigenvalue weighted by molar-refractivity contribution is -0.126. The third-order valence-corrected chi connectivity index (χ3v) is 7.15. The fourth-order valence-corrected chi connectivity index (χ4v) is 5.96. The van der Waals surface area contributed by atoms with Crippen molar-refractivity contribution in [1.82, 2.24) is 5.32 Å². The molecule has 4 nitrogen and oxygen atoms in total. The Labute approximate surface area is 183 Å². The number of benzene rings is 3. The monoisotopic (exact) mass is 423 g/mol. The van der Waals surface area contributed by atoms with Gasteiger partial charge in [0.05, 0.1) is 17.3 Å². The second-order valence-electron chi connectivity index (χ2n) is 8.58. The molecule has 2 amide bonds. The molecular formula is C27H18FNO3. The highest BCUT2D eigenvalue weighted by Gasteiger charge is 2.65. The molecule has 1 saturated heterocycles. The van der Waals surface area contributed by atoms with E-state index in [2.05, 4.69) is 5.32 Å². The van der Waals surface area contributed by atoms with Crippen molar-refractivity contribution in [1.29, 1.82) is 0 Å². The van der Waals surface area contributed by atoms with Gasteiger partial charge in [0.1, 0.15) is 5.82 Å². The highest BCUT2D eigenvalue weighted by Crippen LogP contribution is 2.63. The summed E-state index contributed by atoms with van der Waals surface area (Å²) in [5.74, 6) is -2.66. The number of amides is 2. The van der Waals surface area contributed by atoms with Gasteiger partial charge in [-0.15, -0.1) is 0 Å². The maximum Gasteiger partial charge on any atom is 0.232 e. The molecule has 1 aliphatic heterocycles. The van der Waals surface area contributed by atoms with Crippen molar-refractivity contribution in [2.45, 2.75) is 11.3 Å². The predicted molar refractivity (Wildman–Crippen MR) is 116 cm³/mol. The van der Waals surface area contributed by atoms with E-state index in [1.165, 1.54) is 30.3 Å². The van der Waals surface area contributed by atoms with E-state index in [0.717, 1.165) is 22.3 Å². The number of imide groups is 1. The average Bonchev–Trinajstić information content (AvgIpc) is 3.13. The second kappa shape index (κ2) is 6.57. The Hall–Kier alpha value is -3.86. The van der Waals surface area contributed by atoms with E-state index in [1.807, 2.05) is 48.5 Å². The Morgan fingerprint density at radius 3 is 2.06 bits per heavy atom. The van der Waals surface area contributed by atoms with Crippen molar-refractivity contribution in [2.24, 2.45) is 11.8 Å². The standard InChI is InChI=1S/C27H18FNO3/c28-16-11-9-15(10-12-16)21(30)13-14-27-19-7-3-1-5-17(19)22(18-6-2-4-8-20(18)27)23-24(27)26(32)29-25(23)31/h1-14,22-24H,(H,29,31,32)/b14-13+. The number of allylic oxidation sites excluding steroid dienone is 2. The van der Waals surface area contributed by atoms with Crippen LogP contribution in [-0.2, 0) is 15.0 Å². The lowest BCUT2D eigenvalue weighted by Gasteiger charge is -2.53. The van der Waals surface area contributed by atoms with Crippen molar-refractivity contribution >= 4 is 17.6 Å². The molecular weight excluding hydrogens is 405 g/mol. The molecule has 2 unspecified atom stereocenters. The summed E-state index contributed by atoms with van der Waals surface area (Å²) in [7, 11) is 0. The quantitative estimate of drug-likeness (QED) is 0.395. The topological polar surface area (TPSA) is 63.2 Å². The van der Waals surface area contributed by atoms with Gasteiger partial charge in [-0.2, -0.15) is 0 Å². The number of hydrogen-bond donors (Lipinski definition) is 1. The third kappa shape index (κ3) is 2.33. The van der Waals surface area contributed by atoms with Crippen LogP contribution in [-0.4, -0.2) is 17.6 Å². The molecule has 1 fully saturated rings. The molecule has 0 spiro atoms. The summed E-state index contributed by atoms with van der Waals surface area (Å²) in [6.07, 6.45) is 3.24. The van der Waals surface area contributed by atoms with Gasteiger partial charge < -0.3 is 0 Å². The van der Waals surface area contributed by atoms with Crippen LogP contribution in [0.25, 0.3) is 0 Å². The molecule has 0 radical (unpaired) electrons. The first-order valence-electron chi connectivity index (χ1n) is 10.5.